The molecule has 1 spiro atoms. The third-order valence-electron chi connectivity index (χ3n) is 7.95. The molecular formula is C25H33N3O4. The van der Waals surface area contributed by atoms with Crippen LogP contribution < -0.4 is 10.1 Å². The number of carbonyl (C=O) groups excluding carboxylic acids is 3. The summed E-state index contributed by atoms with van der Waals surface area (Å²) in [6.45, 7) is 3.04. The number of carbonyl (C=O) groups is 3. The molecule has 1 aromatic rings. The van der Waals surface area contributed by atoms with Crippen molar-refractivity contribution in [2.45, 2.75) is 82.5 Å². The number of hydrogen-bond acceptors (Lipinski definition) is 4. The summed E-state index contributed by atoms with van der Waals surface area (Å²) in [5.74, 6) is 1.02. The van der Waals surface area contributed by atoms with Crippen molar-refractivity contribution in [3.8, 4) is 5.75 Å². The van der Waals surface area contributed by atoms with E-state index in [1.165, 1.54) is 25.7 Å². The Balaban J connectivity index is 1.30. The molecule has 1 aliphatic carbocycles. The minimum Gasteiger partial charge on any atom is -0.467 e. The molecule has 4 atom stereocenters. The SMILES string of the molecule is C[C@H](C(=O)N1CCC[C@@H]2CCCC[C@H]21)N1CC[C@@]2(CCC1=O)NC(=O)c1ccccc1O2. The van der Waals surface area contributed by atoms with E-state index < -0.39 is 11.8 Å². The van der Waals surface area contributed by atoms with Crippen LogP contribution in [0.3, 0.4) is 0 Å². The second-order valence-corrected chi connectivity index (χ2v) is 9.85. The zero-order valence-electron chi connectivity index (χ0n) is 18.8. The predicted octanol–water partition coefficient (Wildman–Crippen LogP) is 3.09. The van der Waals surface area contributed by atoms with Crippen LogP contribution in [0, 0.1) is 5.92 Å². The van der Waals surface area contributed by atoms with Crippen LogP contribution in [0.4, 0.5) is 0 Å². The molecular weight excluding hydrogens is 406 g/mol. The number of likely N-dealkylation sites (tertiary alicyclic amines) is 2. The number of ether oxygens (including phenoxy) is 1. The summed E-state index contributed by atoms with van der Waals surface area (Å²) >= 11 is 0. The van der Waals surface area contributed by atoms with Crippen molar-refractivity contribution in [2.75, 3.05) is 13.1 Å². The Morgan fingerprint density at radius 3 is 2.75 bits per heavy atom. The number of nitrogens with zero attached hydrogens (tertiary/aromatic N) is 2. The molecule has 0 aromatic heterocycles. The van der Waals surface area contributed by atoms with Crippen LogP contribution in [0.5, 0.6) is 5.75 Å². The highest BCUT2D eigenvalue weighted by molar-refractivity contribution is 5.98. The summed E-state index contributed by atoms with van der Waals surface area (Å²) in [4.78, 5) is 43.0. The molecule has 3 aliphatic heterocycles. The number of nitrogens with one attached hydrogen (secondary N) is 1. The van der Waals surface area contributed by atoms with Crippen molar-refractivity contribution in [1.29, 1.82) is 0 Å². The van der Waals surface area contributed by atoms with Gasteiger partial charge in [0, 0.05) is 38.4 Å². The van der Waals surface area contributed by atoms with Gasteiger partial charge in [-0.1, -0.05) is 25.0 Å². The van der Waals surface area contributed by atoms with E-state index in [2.05, 4.69) is 10.2 Å². The Labute approximate surface area is 189 Å². The quantitative estimate of drug-likeness (QED) is 0.768. The Morgan fingerprint density at radius 2 is 1.88 bits per heavy atom. The molecule has 0 unspecified atom stereocenters. The molecule has 4 aliphatic rings. The second kappa shape index (κ2) is 8.41. The van der Waals surface area contributed by atoms with E-state index >= 15 is 0 Å². The molecule has 172 valence electrons. The van der Waals surface area contributed by atoms with Crippen LogP contribution in [0.15, 0.2) is 24.3 Å². The van der Waals surface area contributed by atoms with E-state index in [1.807, 2.05) is 19.1 Å². The number of fused-ring (bicyclic) bond motifs is 2. The number of hydrogen-bond donors (Lipinski definition) is 1. The largest absolute Gasteiger partial charge is 0.467 e. The summed E-state index contributed by atoms with van der Waals surface area (Å²) in [6, 6.07) is 7.02. The number of benzene rings is 1. The first-order chi connectivity index (χ1) is 15.5. The van der Waals surface area contributed by atoms with Gasteiger partial charge in [-0.05, 0) is 50.7 Å². The summed E-state index contributed by atoms with van der Waals surface area (Å²) in [7, 11) is 0. The van der Waals surface area contributed by atoms with Gasteiger partial charge in [0.1, 0.15) is 11.8 Å². The summed E-state index contributed by atoms with van der Waals surface area (Å²) in [6.07, 6.45) is 8.12. The van der Waals surface area contributed by atoms with E-state index in [4.69, 9.17) is 4.74 Å². The van der Waals surface area contributed by atoms with E-state index in [0.717, 1.165) is 19.4 Å². The van der Waals surface area contributed by atoms with Gasteiger partial charge < -0.3 is 19.9 Å². The minimum absolute atomic E-state index is 0.0448. The fourth-order valence-corrected chi connectivity index (χ4v) is 6.17. The predicted molar refractivity (Wildman–Crippen MR) is 119 cm³/mol. The number of para-hydroxylation sites is 1. The fourth-order valence-electron chi connectivity index (χ4n) is 6.17. The lowest BCUT2D eigenvalue weighted by Gasteiger charge is -2.46. The topological polar surface area (TPSA) is 79.0 Å². The molecule has 1 saturated carbocycles. The lowest BCUT2D eigenvalue weighted by molar-refractivity contribution is -0.149. The minimum atomic E-state index is -0.905. The van der Waals surface area contributed by atoms with Crippen LogP contribution in [-0.2, 0) is 9.59 Å². The van der Waals surface area contributed by atoms with Crippen LogP contribution in [0.2, 0.25) is 0 Å². The average Bonchev–Trinajstić information content (AvgIpc) is 2.96. The van der Waals surface area contributed by atoms with Crippen molar-refractivity contribution in [2.24, 2.45) is 5.92 Å². The molecule has 0 bridgehead atoms. The van der Waals surface area contributed by atoms with Gasteiger partial charge in [0.05, 0.1) is 5.56 Å². The van der Waals surface area contributed by atoms with Crippen molar-refractivity contribution in [3.63, 3.8) is 0 Å². The summed E-state index contributed by atoms with van der Waals surface area (Å²) in [5, 5.41) is 3.00. The zero-order chi connectivity index (χ0) is 22.3. The fraction of sp³-hybridized carbons (Fsp3) is 0.640. The molecule has 7 nitrogen and oxygen atoms in total. The van der Waals surface area contributed by atoms with Crippen molar-refractivity contribution < 1.29 is 19.1 Å². The van der Waals surface area contributed by atoms with Gasteiger partial charge >= 0.3 is 0 Å². The molecule has 2 saturated heterocycles. The maximum absolute atomic E-state index is 13.5. The highest BCUT2D eigenvalue weighted by atomic mass is 16.5. The first-order valence-electron chi connectivity index (χ1n) is 12.2. The number of piperidine rings is 1. The van der Waals surface area contributed by atoms with Crippen molar-refractivity contribution in [1.82, 2.24) is 15.1 Å². The molecule has 7 heteroatoms. The summed E-state index contributed by atoms with van der Waals surface area (Å²) in [5.41, 5.74) is -0.390. The van der Waals surface area contributed by atoms with Crippen molar-refractivity contribution >= 4 is 17.7 Å². The third kappa shape index (κ3) is 3.76. The van der Waals surface area contributed by atoms with Crippen molar-refractivity contribution in [3.05, 3.63) is 29.8 Å². The average molecular weight is 440 g/mol. The maximum atomic E-state index is 13.5. The van der Waals surface area contributed by atoms with Gasteiger partial charge in [-0.3, -0.25) is 14.4 Å². The maximum Gasteiger partial charge on any atom is 0.258 e. The standard InChI is InChI=1S/C25H33N3O4/c1-17(24(31)28-15-6-8-18-7-2-4-10-20(18)28)27-16-14-25(13-12-22(27)29)26-23(30)19-9-3-5-11-21(19)32-25/h3,5,9,11,17-18,20H,2,4,6-8,10,12-16H2,1H3,(H,26,30)/t17-,18+,20-,25+/m1/s1. The molecule has 1 aromatic carbocycles. The van der Waals surface area contributed by atoms with Gasteiger partial charge in [0.25, 0.3) is 5.91 Å². The molecule has 3 heterocycles. The van der Waals surface area contributed by atoms with Gasteiger partial charge in [-0.15, -0.1) is 0 Å². The van der Waals surface area contributed by atoms with Crippen LogP contribution in [0.1, 0.15) is 75.1 Å². The Kier molecular flexibility index (Phi) is 5.59. The first-order valence-corrected chi connectivity index (χ1v) is 12.2. The van der Waals surface area contributed by atoms with Gasteiger partial charge in [0.2, 0.25) is 11.8 Å². The number of amides is 3. The Morgan fingerprint density at radius 1 is 1.09 bits per heavy atom. The first kappa shape index (κ1) is 21.3. The third-order valence-corrected chi connectivity index (χ3v) is 7.95. The van der Waals surface area contributed by atoms with E-state index in [9.17, 15) is 14.4 Å². The Hall–Kier alpha value is -2.57. The second-order valence-electron chi connectivity index (χ2n) is 9.85. The van der Waals surface area contributed by atoms with Crippen LogP contribution >= 0.6 is 0 Å². The zero-order valence-corrected chi connectivity index (χ0v) is 18.8. The molecule has 3 fully saturated rings. The lowest BCUT2D eigenvalue weighted by atomic mass is 9.78. The van der Waals surface area contributed by atoms with E-state index in [0.29, 0.717) is 42.7 Å². The molecule has 0 radical (unpaired) electrons. The Bertz CT molecular complexity index is 916. The highest BCUT2D eigenvalue weighted by Gasteiger charge is 2.45. The van der Waals surface area contributed by atoms with Crippen LogP contribution in [0.25, 0.3) is 0 Å². The monoisotopic (exact) mass is 439 g/mol. The number of rotatable bonds is 2. The molecule has 32 heavy (non-hydrogen) atoms. The normalized spacial score (nSPS) is 31.2. The molecule has 3 amide bonds. The smallest absolute Gasteiger partial charge is 0.258 e. The highest BCUT2D eigenvalue weighted by Crippen LogP contribution is 2.37. The van der Waals surface area contributed by atoms with E-state index in [-0.39, 0.29) is 24.1 Å². The lowest BCUT2D eigenvalue weighted by Crippen LogP contribution is -2.57. The van der Waals surface area contributed by atoms with Gasteiger partial charge in [-0.25, -0.2) is 0 Å². The molecule has 1 N–H and O–H groups in total. The molecule has 5 rings (SSSR count). The van der Waals surface area contributed by atoms with Gasteiger partial charge in [0.15, 0.2) is 5.72 Å². The van der Waals surface area contributed by atoms with E-state index in [1.54, 1.807) is 17.0 Å². The van der Waals surface area contributed by atoms with Gasteiger partial charge in [-0.2, -0.15) is 0 Å². The summed E-state index contributed by atoms with van der Waals surface area (Å²) < 4.78 is 6.23. The van der Waals surface area contributed by atoms with Crippen LogP contribution in [-0.4, -0.2) is 58.4 Å².